The van der Waals surface area contributed by atoms with Crippen LogP contribution in [0.15, 0.2) is 36.4 Å². The summed E-state index contributed by atoms with van der Waals surface area (Å²) in [6.45, 7) is 2.82. The van der Waals surface area contributed by atoms with E-state index in [1.807, 2.05) is 18.2 Å². The number of nitrogens with one attached hydrogen (secondary N) is 1. The van der Waals surface area contributed by atoms with Gasteiger partial charge in [-0.1, -0.05) is 37.1 Å². The van der Waals surface area contributed by atoms with E-state index in [1.165, 1.54) is 6.07 Å². The minimum Gasteiger partial charge on any atom is -0.305 e. The van der Waals surface area contributed by atoms with E-state index < -0.39 is 0 Å². The summed E-state index contributed by atoms with van der Waals surface area (Å²) in [5, 5.41) is 14.3. The molecule has 0 amide bonds. The lowest BCUT2D eigenvalue weighted by Gasteiger charge is -2.18. The summed E-state index contributed by atoms with van der Waals surface area (Å²) in [6, 6.07) is 10.8. The monoisotopic (exact) mass is 324 g/mol. The molecule has 0 saturated carbocycles. The Morgan fingerprint density at radius 3 is 2.81 bits per heavy atom. The van der Waals surface area contributed by atoms with Gasteiger partial charge in [0.25, 0.3) is 5.69 Å². The van der Waals surface area contributed by atoms with Crippen LogP contribution in [-0.2, 0) is 6.54 Å². The molecule has 0 fully saturated rings. The summed E-state index contributed by atoms with van der Waals surface area (Å²) in [6.07, 6.45) is 1.94. The van der Waals surface area contributed by atoms with Crippen LogP contribution in [-0.4, -0.2) is 4.92 Å². The molecule has 0 radical (unpaired) electrons. The summed E-state index contributed by atoms with van der Waals surface area (Å²) in [7, 11) is 0. The minimum absolute atomic E-state index is 0.107. The molecule has 0 saturated heterocycles. The molecule has 2 aromatic rings. The van der Waals surface area contributed by atoms with Crippen molar-refractivity contribution in [2.24, 2.45) is 0 Å². The van der Waals surface area contributed by atoms with E-state index in [0.29, 0.717) is 6.54 Å². The maximum atomic E-state index is 10.9. The summed E-state index contributed by atoms with van der Waals surface area (Å²) >= 11 is 7.47. The van der Waals surface area contributed by atoms with Crippen LogP contribution >= 0.6 is 22.9 Å². The maximum Gasteiger partial charge on any atom is 0.269 e. The van der Waals surface area contributed by atoms with Gasteiger partial charge in [-0.3, -0.25) is 10.1 Å². The molecule has 1 N–H and O–H groups in total. The molecule has 21 heavy (non-hydrogen) atoms. The Balaban J connectivity index is 2.10. The number of nitrogens with zero attached hydrogens (tertiary/aromatic N) is 1. The third-order valence-corrected chi connectivity index (χ3v) is 4.44. The van der Waals surface area contributed by atoms with E-state index in [1.54, 1.807) is 23.5 Å². The predicted octanol–water partition coefficient (Wildman–Crippen LogP) is 4.94. The number of nitro groups is 1. The molecule has 1 heterocycles. The number of halogens is 1. The highest BCUT2D eigenvalue weighted by atomic mass is 35.5. The molecule has 0 aliphatic rings. The lowest BCUT2D eigenvalue weighted by Crippen LogP contribution is -2.20. The van der Waals surface area contributed by atoms with Crippen molar-refractivity contribution in [1.82, 2.24) is 5.32 Å². The number of nitro benzene ring substituents is 1. The molecule has 0 spiro atoms. The van der Waals surface area contributed by atoms with E-state index >= 15 is 0 Å². The molecular weight excluding hydrogens is 308 g/mol. The first-order chi connectivity index (χ1) is 10.1. The third-order valence-electron chi connectivity index (χ3n) is 3.21. The molecule has 0 bridgehead atoms. The number of benzene rings is 1. The van der Waals surface area contributed by atoms with Gasteiger partial charge < -0.3 is 5.32 Å². The zero-order valence-electron chi connectivity index (χ0n) is 11.7. The second-order valence-corrected chi connectivity index (χ2v) is 6.58. The standard InChI is InChI=1S/C15H17ClN2O2S/c1-2-4-14(17-10-13-7-8-15(16)21-13)11-5-3-6-12(9-11)18(19)20/h3,5-9,14,17H,2,4,10H2,1H3. The van der Waals surface area contributed by atoms with Crippen LogP contribution in [0.1, 0.15) is 36.2 Å². The van der Waals surface area contributed by atoms with Crippen LogP contribution in [0.5, 0.6) is 0 Å². The SMILES string of the molecule is CCCC(NCc1ccc(Cl)s1)c1cccc([N+](=O)[O-])c1. The summed E-state index contributed by atoms with van der Waals surface area (Å²) in [5.74, 6) is 0. The zero-order chi connectivity index (χ0) is 15.2. The topological polar surface area (TPSA) is 55.2 Å². The molecule has 1 aromatic heterocycles. The summed E-state index contributed by atoms with van der Waals surface area (Å²) < 4.78 is 0.772. The Bertz CT molecular complexity index is 615. The van der Waals surface area contributed by atoms with E-state index in [-0.39, 0.29) is 16.7 Å². The molecule has 1 aromatic carbocycles. The Kier molecular flexibility index (Phi) is 5.73. The van der Waals surface area contributed by atoms with Gasteiger partial charge in [0.05, 0.1) is 9.26 Å². The van der Waals surface area contributed by atoms with E-state index in [0.717, 1.165) is 27.6 Å². The van der Waals surface area contributed by atoms with Gasteiger partial charge in [-0.25, -0.2) is 0 Å². The van der Waals surface area contributed by atoms with Crippen LogP contribution in [0.3, 0.4) is 0 Å². The average Bonchev–Trinajstić information content (AvgIpc) is 2.89. The van der Waals surface area contributed by atoms with E-state index in [2.05, 4.69) is 12.2 Å². The fraction of sp³-hybridized carbons (Fsp3) is 0.333. The van der Waals surface area contributed by atoms with Gasteiger partial charge in [-0.05, 0) is 24.1 Å². The zero-order valence-corrected chi connectivity index (χ0v) is 13.3. The Morgan fingerprint density at radius 2 is 2.19 bits per heavy atom. The highest BCUT2D eigenvalue weighted by Crippen LogP contribution is 2.25. The molecular formula is C15H17ClN2O2S. The smallest absolute Gasteiger partial charge is 0.269 e. The van der Waals surface area contributed by atoms with Crippen LogP contribution in [0.2, 0.25) is 4.34 Å². The van der Waals surface area contributed by atoms with Crippen LogP contribution in [0.25, 0.3) is 0 Å². The van der Waals surface area contributed by atoms with E-state index in [4.69, 9.17) is 11.6 Å². The van der Waals surface area contributed by atoms with Crippen molar-refractivity contribution >= 4 is 28.6 Å². The van der Waals surface area contributed by atoms with Crippen molar-refractivity contribution < 1.29 is 4.92 Å². The average molecular weight is 325 g/mol. The lowest BCUT2D eigenvalue weighted by molar-refractivity contribution is -0.384. The second kappa shape index (κ2) is 7.54. The number of rotatable bonds is 7. The van der Waals surface area contributed by atoms with Crippen LogP contribution in [0.4, 0.5) is 5.69 Å². The van der Waals surface area contributed by atoms with Crippen LogP contribution < -0.4 is 5.32 Å². The highest BCUT2D eigenvalue weighted by molar-refractivity contribution is 7.16. The molecule has 1 atom stereocenters. The first-order valence-corrected chi connectivity index (χ1v) is 8.01. The fourth-order valence-corrected chi connectivity index (χ4v) is 3.24. The molecule has 6 heteroatoms. The Labute approximate surface area is 132 Å². The van der Waals surface area contributed by atoms with Gasteiger partial charge in [-0.15, -0.1) is 11.3 Å². The third kappa shape index (κ3) is 4.52. The normalized spacial score (nSPS) is 12.3. The number of thiophene rings is 1. The highest BCUT2D eigenvalue weighted by Gasteiger charge is 2.14. The number of hydrogen-bond donors (Lipinski definition) is 1. The molecule has 4 nitrogen and oxygen atoms in total. The number of hydrogen-bond acceptors (Lipinski definition) is 4. The molecule has 112 valence electrons. The Morgan fingerprint density at radius 1 is 1.38 bits per heavy atom. The molecule has 0 aliphatic heterocycles. The molecule has 1 unspecified atom stereocenters. The van der Waals surface area contributed by atoms with Gasteiger partial charge in [0, 0.05) is 29.6 Å². The lowest BCUT2D eigenvalue weighted by atomic mass is 10.0. The molecule has 0 aliphatic carbocycles. The van der Waals surface area contributed by atoms with Gasteiger partial charge in [0.15, 0.2) is 0 Å². The van der Waals surface area contributed by atoms with Crippen molar-refractivity contribution in [2.45, 2.75) is 32.4 Å². The largest absolute Gasteiger partial charge is 0.305 e. The molecule has 2 rings (SSSR count). The number of non-ortho nitro benzene ring substituents is 1. The first-order valence-electron chi connectivity index (χ1n) is 6.82. The second-order valence-electron chi connectivity index (χ2n) is 4.78. The first kappa shape index (κ1) is 15.9. The van der Waals surface area contributed by atoms with Crippen molar-refractivity contribution in [2.75, 3.05) is 0 Å². The quantitative estimate of drug-likeness (QED) is 0.579. The summed E-state index contributed by atoms with van der Waals surface area (Å²) in [4.78, 5) is 11.7. The summed E-state index contributed by atoms with van der Waals surface area (Å²) in [5.41, 5.74) is 1.09. The van der Waals surface area contributed by atoms with Gasteiger partial charge in [0.2, 0.25) is 0 Å². The van der Waals surface area contributed by atoms with E-state index in [9.17, 15) is 10.1 Å². The van der Waals surface area contributed by atoms with Gasteiger partial charge in [0.1, 0.15) is 0 Å². The van der Waals surface area contributed by atoms with Crippen molar-refractivity contribution in [3.63, 3.8) is 0 Å². The van der Waals surface area contributed by atoms with Crippen molar-refractivity contribution in [3.8, 4) is 0 Å². The van der Waals surface area contributed by atoms with Gasteiger partial charge >= 0.3 is 0 Å². The van der Waals surface area contributed by atoms with Gasteiger partial charge in [-0.2, -0.15) is 0 Å². The Hall–Kier alpha value is -1.43. The van der Waals surface area contributed by atoms with Crippen LogP contribution in [0, 0.1) is 10.1 Å². The maximum absolute atomic E-state index is 10.9. The minimum atomic E-state index is -0.356. The van der Waals surface area contributed by atoms with Crippen molar-refractivity contribution in [1.29, 1.82) is 0 Å². The van der Waals surface area contributed by atoms with Crippen molar-refractivity contribution in [3.05, 3.63) is 61.3 Å². The fourth-order valence-electron chi connectivity index (χ4n) is 2.20. The predicted molar refractivity (Wildman–Crippen MR) is 86.9 cm³/mol.